The van der Waals surface area contributed by atoms with Crippen LogP contribution in [0.2, 0.25) is 5.02 Å². The minimum Gasteiger partial charge on any atom is -0.465 e. The molecule has 9 nitrogen and oxygen atoms in total. The first-order valence-corrected chi connectivity index (χ1v) is 13.9. The Morgan fingerprint density at radius 3 is 2.36 bits per heavy atom. The summed E-state index contributed by atoms with van der Waals surface area (Å²) in [7, 11) is -5.92. The molecule has 0 radical (unpaired) electrons. The SMILES string of the molecule is COC(=O)c1cc(C)c2c(c1)S(=O)(=O)Cc1cc(N3CCN(S(C)(=O)=O)CC3)cc(Cl)c1O2. The summed E-state index contributed by atoms with van der Waals surface area (Å²) >= 11 is 6.53. The number of ether oxygens (including phenoxy) is 2. The highest BCUT2D eigenvalue weighted by Gasteiger charge is 2.32. The lowest BCUT2D eigenvalue weighted by atomic mass is 10.1. The minimum atomic E-state index is -3.87. The van der Waals surface area contributed by atoms with Crippen molar-refractivity contribution in [3.05, 3.63) is 46.0 Å². The van der Waals surface area contributed by atoms with Crippen LogP contribution in [0, 0.1) is 6.92 Å². The van der Waals surface area contributed by atoms with Crippen molar-refractivity contribution < 1.29 is 31.1 Å². The van der Waals surface area contributed by atoms with Gasteiger partial charge in [-0.25, -0.2) is 21.6 Å². The minimum absolute atomic E-state index is 0.0986. The van der Waals surface area contributed by atoms with Gasteiger partial charge in [0, 0.05) is 37.4 Å². The fraction of sp³-hybridized carbons (Fsp3) is 0.381. The van der Waals surface area contributed by atoms with Gasteiger partial charge in [0.05, 0.1) is 29.7 Å². The molecule has 2 heterocycles. The van der Waals surface area contributed by atoms with Crippen molar-refractivity contribution in [2.75, 3.05) is 44.4 Å². The number of aryl methyl sites for hydroxylation is 1. The van der Waals surface area contributed by atoms with E-state index < -0.39 is 25.8 Å². The Morgan fingerprint density at radius 1 is 1.09 bits per heavy atom. The molecule has 0 N–H and O–H groups in total. The number of methoxy groups -OCH3 is 1. The average molecular weight is 515 g/mol. The maximum absolute atomic E-state index is 13.3. The van der Waals surface area contributed by atoms with Crippen molar-refractivity contribution in [2.24, 2.45) is 0 Å². The second-order valence-electron chi connectivity index (χ2n) is 8.04. The van der Waals surface area contributed by atoms with Crippen LogP contribution in [0.3, 0.4) is 0 Å². The number of benzene rings is 2. The van der Waals surface area contributed by atoms with Crippen LogP contribution >= 0.6 is 11.6 Å². The molecule has 0 aromatic heterocycles. The van der Waals surface area contributed by atoms with Crippen molar-refractivity contribution >= 4 is 43.1 Å². The third-order valence-electron chi connectivity index (χ3n) is 5.72. The highest BCUT2D eigenvalue weighted by molar-refractivity contribution is 7.90. The highest BCUT2D eigenvalue weighted by atomic mass is 35.5. The summed E-state index contributed by atoms with van der Waals surface area (Å²) in [5.74, 6) is -0.647. The van der Waals surface area contributed by atoms with Crippen molar-refractivity contribution in [3.8, 4) is 11.5 Å². The van der Waals surface area contributed by atoms with E-state index in [1.165, 1.54) is 29.8 Å². The molecule has 33 heavy (non-hydrogen) atoms. The van der Waals surface area contributed by atoms with Gasteiger partial charge in [0.15, 0.2) is 9.84 Å². The fourth-order valence-electron chi connectivity index (χ4n) is 4.04. The molecular formula is C21H23ClN2O7S2. The number of rotatable bonds is 3. The molecule has 2 aromatic rings. The van der Waals surface area contributed by atoms with Crippen molar-refractivity contribution in [3.63, 3.8) is 0 Å². The molecule has 0 saturated carbocycles. The molecule has 0 amide bonds. The molecular weight excluding hydrogens is 492 g/mol. The molecule has 4 rings (SSSR count). The van der Waals surface area contributed by atoms with E-state index in [0.29, 0.717) is 43.0 Å². The van der Waals surface area contributed by atoms with Crippen molar-refractivity contribution in [1.82, 2.24) is 4.31 Å². The summed E-state index contributed by atoms with van der Waals surface area (Å²) in [6, 6.07) is 6.16. The number of carbonyl (C=O) groups is 1. The van der Waals surface area contributed by atoms with Crippen molar-refractivity contribution in [2.45, 2.75) is 17.6 Å². The predicted molar refractivity (Wildman–Crippen MR) is 124 cm³/mol. The molecule has 2 aliphatic rings. The summed E-state index contributed by atoms with van der Waals surface area (Å²) in [6.45, 7) is 3.18. The summed E-state index contributed by atoms with van der Waals surface area (Å²) in [4.78, 5) is 13.9. The zero-order chi connectivity index (χ0) is 24.1. The number of piperazine rings is 1. The third-order valence-corrected chi connectivity index (χ3v) is 8.97. The van der Waals surface area contributed by atoms with Gasteiger partial charge >= 0.3 is 5.97 Å². The lowest BCUT2D eigenvalue weighted by molar-refractivity contribution is 0.0600. The van der Waals surface area contributed by atoms with E-state index in [1.807, 2.05) is 4.90 Å². The van der Waals surface area contributed by atoms with Crippen LogP contribution < -0.4 is 9.64 Å². The number of hydrogen-bond acceptors (Lipinski definition) is 8. The van der Waals surface area contributed by atoms with Gasteiger partial charge in [0.25, 0.3) is 0 Å². The Balaban J connectivity index is 1.72. The molecule has 2 aliphatic heterocycles. The molecule has 12 heteroatoms. The first-order chi connectivity index (χ1) is 15.4. The lowest BCUT2D eigenvalue weighted by Gasteiger charge is -2.35. The average Bonchev–Trinajstić information content (AvgIpc) is 2.86. The Kier molecular flexibility index (Phi) is 6.10. The second-order valence-corrected chi connectivity index (χ2v) is 12.4. The third kappa shape index (κ3) is 4.54. The number of nitrogens with zero attached hydrogens (tertiary/aromatic N) is 2. The van der Waals surface area contributed by atoms with E-state index in [4.69, 9.17) is 21.1 Å². The van der Waals surface area contributed by atoms with Crippen LogP contribution in [0.1, 0.15) is 21.5 Å². The van der Waals surface area contributed by atoms with Gasteiger partial charge in [-0.3, -0.25) is 0 Å². The number of esters is 1. The number of fused-ring (bicyclic) bond motifs is 2. The molecule has 0 bridgehead atoms. The van der Waals surface area contributed by atoms with Crippen molar-refractivity contribution in [1.29, 1.82) is 0 Å². The molecule has 1 fully saturated rings. The Bertz CT molecular complexity index is 1350. The smallest absolute Gasteiger partial charge is 0.337 e. The second kappa shape index (κ2) is 8.46. The van der Waals surface area contributed by atoms with Crippen LogP contribution in [-0.4, -0.2) is 66.7 Å². The number of carbonyl (C=O) groups excluding carboxylic acids is 1. The van der Waals surface area contributed by atoms with Crippen LogP contribution in [0.4, 0.5) is 5.69 Å². The van der Waals surface area contributed by atoms with E-state index in [2.05, 4.69) is 0 Å². The maximum Gasteiger partial charge on any atom is 0.337 e. The normalized spacial score (nSPS) is 18.0. The Hall–Kier alpha value is -2.34. The zero-order valence-corrected chi connectivity index (χ0v) is 20.7. The largest absolute Gasteiger partial charge is 0.465 e. The number of sulfone groups is 1. The topological polar surface area (TPSA) is 110 Å². The number of anilines is 1. The summed E-state index contributed by atoms with van der Waals surface area (Å²) in [5, 5.41) is 0.243. The summed E-state index contributed by atoms with van der Waals surface area (Å²) < 4.78 is 62.2. The van der Waals surface area contributed by atoms with Gasteiger partial charge in [-0.1, -0.05) is 11.6 Å². The van der Waals surface area contributed by atoms with Gasteiger partial charge in [0.2, 0.25) is 10.0 Å². The highest BCUT2D eigenvalue weighted by Crippen LogP contribution is 2.45. The number of sulfonamides is 1. The molecule has 2 aromatic carbocycles. The molecule has 0 unspecified atom stereocenters. The van der Waals surface area contributed by atoms with Gasteiger partial charge in [-0.05, 0) is 36.8 Å². The van der Waals surface area contributed by atoms with Crippen LogP contribution in [0.15, 0.2) is 29.2 Å². The van der Waals surface area contributed by atoms with Gasteiger partial charge < -0.3 is 14.4 Å². The molecule has 178 valence electrons. The van der Waals surface area contributed by atoms with E-state index in [9.17, 15) is 21.6 Å². The molecule has 0 aliphatic carbocycles. The zero-order valence-electron chi connectivity index (χ0n) is 18.3. The first-order valence-electron chi connectivity index (χ1n) is 10.1. The van der Waals surface area contributed by atoms with Crippen LogP contribution in [0.5, 0.6) is 11.5 Å². The van der Waals surface area contributed by atoms with Gasteiger partial charge in [-0.15, -0.1) is 0 Å². The maximum atomic E-state index is 13.3. The van der Waals surface area contributed by atoms with E-state index in [0.717, 1.165) is 0 Å². The van der Waals surface area contributed by atoms with E-state index in [-0.39, 0.29) is 32.7 Å². The Labute approximate surface area is 197 Å². The predicted octanol–water partition coefficient (Wildman–Crippen LogP) is 2.60. The lowest BCUT2D eigenvalue weighted by Crippen LogP contribution is -2.48. The Morgan fingerprint density at radius 2 is 1.76 bits per heavy atom. The fourth-order valence-corrected chi connectivity index (χ4v) is 6.71. The molecule has 0 spiro atoms. The summed E-state index contributed by atoms with van der Waals surface area (Å²) in [5.41, 5.74) is 1.64. The standard InChI is InChI=1S/C21H23ClN2O7S2/c1-13-8-14(21(25)30-2)10-18-19(13)31-20-15(12-33(18,28)29)9-16(11-17(20)22)23-4-6-24(7-5-23)32(3,26)27/h8-11H,4-7,12H2,1-3H3. The van der Waals surface area contributed by atoms with E-state index in [1.54, 1.807) is 19.1 Å². The molecule has 1 saturated heterocycles. The monoisotopic (exact) mass is 514 g/mol. The van der Waals surface area contributed by atoms with Gasteiger partial charge in [-0.2, -0.15) is 4.31 Å². The van der Waals surface area contributed by atoms with E-state index >= 15 is 0 Å². The number of halogens is 1. The quantitative estimate of drug-likeness (QED) is 0.575. The number of hydrogen-bond donors (Lipinski definition) is 0. The summed E-state index contributed by atoms with van der Waals surface area (Å²) in [6.07, 6.45) is 1.18. The van der Waals surface area contributed by atoms with Gasteiger partial charge in [0.1, 0.15) is 16.4 Å². The van der Waals surface area contributed by atoms with Crippen LogP contribution in [-0.2, 0) is 30.4 Å². The van der Waals surface area contributed by atoms with Crippen LogP contribution in [0.25, 0.3) is 0 Å². The molecule has 0 atom stereocenters. The first kappa shape index (κ1) is 23.8.